The van der Waals surface area contributed by atoms with Crippen LogP contribution < -0.4 is 0 Å². The molecule has 1 heterocycles. The summed E-state index contributed by atoms with van der Waals surface area (Å²) in [5.74, 6) is -1.36. The fourth-order valence-electron chi connectivity index (χ4n) is 3.95. The molecule has 38 heavy (non-hydrogen) atoms. The number of hydrogen-bond donors (Lipinski definition) is 1. The molecule has 1 fully saturated rings. The Balaban J connectivity index is 1.57. The summed E-state index contributed by atoms with van der Waals surface area (Å²) in [4.78, 5) is 38.3. The van der Waals surface area contributed by atoms with Crippen LogP contribution in [0, 0.1) is 0 Å². The summed E-state index contributed by atoms with van der Waals surface area (Å²) in [7, 11) is 0. The van der Waals surface area contributed by atoms with Crippen LogP contribution >= 0.6 is 11.8 Å². The third kappa shape index (κ3) is 6.80. The second-order valence-corrected chi connectivity index (χ2v) is 9.80. The molecule has 3 aromatic carbocycles. The Labute approximate surface area is 224 Å². The average Bonchev–Trinajstić information content (AvgIpc) is 2.96. The van der Waals surface area contributed by atoms with E-state index in [0.717, 1.165) is 0 Å². The Kier molecular flexibility index (Phi) is 9.53. The van der Waals surface area contributed by atoms with Gasteiger partial charge in [0.1, 0.15) is 24.3 Å². The summed E-state index contributed by atoms with van der Waals surface area (Å²) < 4.78 is 23.0. The molecule has 0 spiro atoms. The predicted molar refractivity (Wildman–Crippen MR) is 141 cm³/mol. The smallest absolute Gasteiger partial charge is 0.338 e. The van der Waals surface area contributed by atoms with Gasteiger partial charge < -0.3 is 24.1 Å². The van der Waals surface area contributed by atoms with Gasteiger partial charge in [-0.15, -0.1) is 11.8 Å². The van der Waals surface area contributed by atoms with Crippen LogP contribution in [0.5, 0.6) is 0 Å². The molecule has 1 aliphatic heterocycles. The number of hydrogen-bond acceptors (Lipinski definition) is 9. The summed E-state index contributed by atoms with van der Waals surface area (Å²) >= 11 is 1.31. The Morgan fingerprint density at radius 2 is 1.18 bits per heavy atom. The highest BCUT2D eigenvalue weighted by molar-refractivity contribution is 7.99. The molecular formula is C29H28O8S. The number of carbonyl (C=O) groups is 3. The lowest BCUT2D eigenvalue weighted by atomic mass is 9.99. The molecule has 0 aromatic heterocycles. The summed E-state index contributed by atoms with van der Waals surface area (Å²) in [6.45, 7) is 1.60. The first-order chi connectivity index (χ1) is 18.5. The molecular weight excluding hydrogens is 508 g/mol. The molecule has 0 radical (unpaired) electrons. The second kappa shape index (κ2) is 13.2. The van der Waals surface area contributed by atoms with Gasteiger partial charge in [0.25, 0.3) is 0 Å². The maximum absolute atomic E-state index is 12.9. The lowest BCUT2D eigenvalue weighted by Gasteiger charge is -2.43. The lowest BCUT2D eigenvalue weighted by Crippen LogP contribution is -2.60. The van der Waals surface area contributed by atoms with Crippen LogP contribution in [0.2, 0.25) is 0 Å². The Hall–Kier alpha value is -3.66. The number of benzene rings is 3. The van der Waals surface area contributed by atoms with Crippen LogP contribution in [0.15, 0.2) is 91.0 Å². The van der Waals surface area contributed by atoms with E-state index in [4.69, 9.17) is 18.9 Å². The number of carbonyl (C=O) groups excluding carboxylic acids is 3. The minimum absolute atomic E-state index is 0.266. The summed E-state index contributed by atoms with van der Waals surface area (Å²) in [6.07, 6.45) is -4.90. The van der Waals surface area contributed by atoms with Gasteiger partial charge in [-0.2, -0.15) is 0 Å². The number of esters is 3. The average molecular weight is 537 g/mol. The largest absolute Gasteiger partial charge is 0.459 e. The van der Waals surface area contributed by atoms with Crippen LogP contribution in [0.4, 0.5) is 0 Å². The molecule has 1 saturated heterocycles. The highest BCUT2D eigenvalue weighted by Crippen LogP contribution is 2.33. The van der Waals surface area contributed by atoms with Gasteiger partial charge in [0.05, 0.1) is 16.7 Å². The molecule has 198 valence electrons. The van der Waals surface area contributed by atoms with Gasteiger partial charge in [0, 0.05) is 0 Å². The zero-order valence-electron chi connectivity index (χ0n) is 20.7. The molecule has 1 aliphatic rings. The monoisotopic (exact) mass is 536 g/mol. The molecule has 5 atom stereocenters. The van der Waals surface area contributed by atoms with Crippen LogP contribution in [-0.4, -0.2) is 65.2 Å². The van der Waals surface area contributed by atoms with Crippen molar-refractivity contribution in [2.45, 2.75) is 36.8 Å². The predicted octanol–water partition coefficient (Wildman–Crippen LogP) is 4.13. The summed E-state index contributed by atoms with van der Waals surface area (Å²) in [5.41, 5.74) is 0.116. The van der Waals surface area contributed by atoms with Crippen molar-refractivity contribution in [3.05, 3.63) is 108 Å². The van der Waals surface area contributed by atoms with E-state index in [1.165, 1.54) is 11.8 Å². The van der Waals surface area contributed by atoms with E-state index in [2.05, 4.69) is 0 Å². The van der Waals surface area contributed by atoms with Gasteiger partial charge in [-0.25, -0.2) is 14.4 Å². The number of ether oxygens (including phenoxy) is 4. The van der Waals surface area contributed by atoms with E-state index in [1.54, 1.807) is 91.0 Å². The number of rotatable bonds is 9. The van der Waals surface area contributed by atoms with Gasteiger partial charge in [-0.3, -0.25) is 0 Å². The summed E-state index contributed by atoms with van der Waals surface area (Å²) in [6, 6.07) is 25.1. The molecule has 3 aromatic rings. The molecule has 0 saturated carbocycles. The third-order valence-corrected chi connectivity index (χ3v) is 6.88. The topological polar surface area (TPSA) is 108 Å². The van der Waals surface area contributed by atoms with Crippen molar-refractivity contribution in [1.82, 2.24) is 0 Å². The van der Waals surface area contributed by atoms with Crippen molar-refractivity contribution in [1.29, 1.82) is 0 Å². The lowest BCUT2D eigenvalue weighted by molar-refractivity contribution is -0.206. The van der Waals surface area contributed by atoms with Crippen molar-refractivity contribution < 1.29 is 38.4 Å². The van der Waals surface area contributed by atoms with Crippen LogP contribution in [0.1, 0.15) is 38.0 Å². The minimum Gasteiger partial charge on any atom is -0.459 e. The van der Waals surface area contributed by atoms with Crippen molar-refractivity contribution >= 4 is 29.7 Å². The van der Waals surface area contributed by atoms with Crippen molar-refractivity contribution in [3.8, 4) is 0 Å². The van der Waals surface area contributed by atoms with Gasteiger partial charge in [-0.05, 0) is 42.2 Å². The van der Waals surface area contributed by atoms with Gasteiger partial charge in [0.15, 0.2) is 12.2 Å². The first-order valence-electron chi connectivity index (χ1n) is 12.2. The SMILES string of the molecule is CCS[C@@H]1O[C@H](COC(=O)c2ccccc2)[C@H](OC(=O)c2ccccc2)[C@H](O)[C@H]1OC(=O)c1ccccc1. The molecule has 9 heteroatoms. The van der Waals surface area contributed by atoms with Crippen molar-refractivity contribution in [2.75, 3.05) is 12.4 Å². The van der Waals surface area contributed by atoms with E-state index in [-0.39, 0.29) is 12.2 Å². The molecule has 8 nitrogen and oxygen atoms in total. The van der Waals surface area contributed by atoms with E-state index in [1.807, 2.05) is 6.92 Å². The zero-order chi connectivity index (χ0) is 26.9. The van der Waals surface area contributed by atoms with E-state index < -0.39 is 47.8 Å². The van der Waals surface area contributed by atoms with Crippen LogP contribution in [-0.2, 0) is 18.9 Å². The maximum Gasteiger partial charge on any atom is 0.338 e. The van der Waals surface area contributed by atoms with Crippen LogP contribution in [0.3, 0.4) is 0 Å². The molecule has 4 rings (SSSR count). The third-order valence-electron chi connectivity index (χ3n) is 5.84. The Morgan fingerprint density at radius 3 is 1.66 bits per heavy atom. The second-order valence-electron chi connectivity index (χ2n) is 8.43. The van der Waals surface area contributed by atoms with E-state index in [0.29, 0.717) is 16.9 Å². The highest BCUT2D eigenvalue weighted by Gasteiger charge is 2.50. The van der Waals surface area contributed by atoms with Crippen LogP contribution in [0.25, 0.3) is 0 Å². The van der Waals surface area contributed by atoms with Crippen molar-refractivity contribution in [2.24, 2.45) is 0 Å². The zero-order valence-corrected chi connectivity index (χ0v) is 21.5. The molecule has 0 aliphatic carbocycles. The molecule has 1 N–H and O–H groups in total. The molecule has 0 bridgehead atoms. The standard InChI is InChI=1S/C29H28O8S/c1-2-38-29-25(37-28(33)21-16-10-5-11-17-21)23(30)24(36-27(32)20-14-8-4-9-15-20)22(35-29)18-34-26(31)19-12-6-3-7-13-19/h3-17,22-25,29-30H,2,18H2,1H3/t22-,23+,24+,25-,29+/m1/s1. The quantitative estimate of drug-likeness (QED) is 0.319. The van der Waals surface area contributed by atoms with Gasteiger partial charge in [0.2, 0.25) is 0 Å². The minimum atomic E-state index is -1.45. The maximum atomic E-state index is 12.9. The fraction of sp³-hybridized carbons (Fsp3) is 0.276. The number of thioether (sulfide) groups is 1. The van der Waals surface area contributed by atoms with E-state index in [9.17, 15) is 19.5 Å². The summed E-state index contributed by atoms with van der Waals surface area (Å²) in [5, 5.41) is 11.4. The number of aliphatic hydroxyl groups excluding tert-OH is 1. The highest BCUT2D eigenvalue weighted by atomic mass is 32.2. The fourth-order valence-corrected chi connectivity index (χ4v) is 4.90. The molecule has 0 unspecified atom stereocenters. The van der Waals surface area contributed by atoms with Gasteiger partial charge in [-0.1, -0.05) is 61.5 Å². The Bertz CT molecular complexity index is 1200. The first kappa shape index (κ1) is 27.4. The van der Waals surface area contributed by atoms with Gasteiger partial charge >= 0.3 is 17.9 Å². The number of aliphatic hydroxyl groups is 1. The van der Waals surface area contributed by atoms with E-state index >= 15 is 0 Å². The Morgan fingerprint density at radius 1 is 0.737 bits per heavy atom. The van der Waals surface area contributed by atoms with Crippen molar-refractivity contribution in [3.63, 3.8) is 0 Å². The molecule has 0 amide bonds. The normalized spacial score (nSPS) is 22.7. The first-order valence-corrected chi connectivity index (χ1v) is 13.2.